The predicted molar refractivity (Wildman–Crippen MR) is 177 cm³/mol. The Balaban J connectivity index is 1.94. The number of guanidine groups is 1. The SMILES string of the molecule is COC(=O)c1cc([C@@H](COC(=O)NC2CC2)N2C(=O)C(CC(C)(C)C)(c3ccc(Br)cc3F)NC2=NC(=O)OC(C)(C)C)ccc1Cl. The van der Waals surface area contributed by atoms with Crippen LogP contribution in [-0.2, 0) is 24.5 Å². The Morgan fingerprint density at radius 1 is 1.15 bits per heavy atom. The molecule has 1 heterocycles. The third kappa shape index (κ3) is 8.81. The van der Waals surface area contributed by atoms with Crippen molar-refractivity contribution in [2.24, 2.45) is 10.4 Å². The number of nitrogens with zero attached hydrogens (tertiary/aromatic N) is 2. The van der Waals surface area contributed by atoms with Crippen molar-refractivity contribution in [1.82, 2.24) is 15.5 Å². The zero-order valence-electron chi connectivity index (χ0n) is 27.3. The summed E-state index contributed by atoms with van der Waals surface area (Å²) in [7, 11) is 1.20. The standard InChI is InChI=1S/C33H39BrClFN4O7/c1-31(2,3)17-33(22-12-9-19(34)15-24(22)36)27(42)40(28(39-33)38-30(44)47-32(4,5)6)25(16-46-29(43)37-20-10-11-20)18-8-13-23(35)21(14-18)26(41)45-7/h8-9,12-15,20,25H,10-11,16-17H2,1-7H3,(H,37,43)(H,38,39,44)/t25-,33?/m1/s1. The quantitative estimate of drug-likeness (QED) is 0.218. The zero-order chi connectivity index (χ0) is 34.9. The molecule has 2 fully saturated rings. The van der Waals surface area contributed by atoms with E-state index < -0.39 is 59.1 Å². The van der Waals surface area contributed by atoms with E-state index >= 15 is 4.39 Å². The summed E-state index contributed by atoms with van der Waals surface area (Å²) in [4.78, 5) is 58.8. The van der Waals surface area contributed by atoms with E-state index in [0.717, 1.165) is 17.7 Å². The molecule has 2 N–H and O–H groups in total. The van der Waals surface area contributed by atoms with Gasteiger partial charge in [0.1, 0.15) is 23.6 Å². The van der Waals surface area contributed by atoms with Gasteiger partial charge in [0.2, 0.25) is 5.96 Å². The Labute approximate surface area is 286 Å². The van der Waals surface area contributed by atoms with Crippen molar-refractivity contribution in [3.8, 4) is 0 Å². The van der Waals surface area contributed by atoms with Crippen LogP contribution < -0.4 is 10.6 Å². The lowest BCUT2D eigenvalue weighted by Crippen LogP contribution is -2.48. The van der Waals surface area contributed by atoms with Crippen LogP contribution in [0.3, 0.4) is 0 Å². The highest BCUT2D eigenvalue weighted by atomic mass is 79.9. The van der Waals surface area contributed by atoms with Crippen molar-refractivity contribution in [1.29, 1.82) is 0 Å². The van der Waals surface area contributed by atoms with E-state index in [1.54, 1.807) is 32.9 Å². The summed E-state index contributed by atoms with van der Waals surface area (Å²) in [5, 5.41) is 5.90. The smallest absolute Gasteiger partial charge is 0.437 e. The van der Waals surface area contributed by atoms with Gasteiger partial charge >= 0.3 is 18.2 Å². The maximum absolute atomic E-state index is 15.8. The van der Waals surface area contributed by atoms with Gasteiger partial charge in [0.25, 0.3) is 5.91 Å². The number of amides is 3. The highest BCUT2D eigenvalue weighted by Crippen LogP contribution is 2.44. The average molecular weight is 738 g/mol. The number of halogens is 3. The molecule has 1 unspecified atom stereocenters. The van der Waals surface area contributed by atoms with Crippen LogP contribution in [0.4, 0.5) is 14.0 Å². The normalized spacial score (nSPS) is 19.7. The average Bonchev–Trinajstić information content (AvgIpc) is 3.72. The van der Waals surface area contributed by atoms with Gasteiger partial charge in [-0.3, -0.25) is 9.69 Å². The summed E-state index contributed by atoms with van der Waals surface area (Å²) in [6.45, 7) is 10.2. The van der Waals surface area contributed by atoms with Gasteiger partial charge in [-0.25, -0.2) is 18.8 Å². The number of ether oxygens (including phenoxy) is 3. The Morgan fingerprint density at radius 3 is 2.40 bits per heavy atom. The first-order chi connectivity index (χ1) is 21.8. The first-order valence-corrected chi connectivity index (χ1v) is 16.2. The molecule has 2 aliphatic rings. The number of nitrogens with one attached hydrogen (secondary N) is 2. The highest BCUT2D eigenvalue weighted by Gasteiger charge is 2.56. The molecule has 0 bridgehead atoms. The fourth-order valence-corrected chi connectivity index (χ4v) is 5.83. The van der Waals surface area contributed by atoms with E-state index in [9.17, 15) is 19.2 Å². The summed E-state index contributed by atoms with van der Waals surface area (Å²) >= 11 is 9.60. The van der Waals surface area contributed by atoms with Gasteiger partial charge in [-0.2, -0.15) is 0 Å². The second-order valence-electron chi connectivity index (χ2n) is 13.7. The van der Waals surface area contributed by atoms with Gasteiger partial charge in [-0.1, -0.05) is 60.4 Å². The molecule has 14 heteroatoms. The molecule has 11 nitrogen and oxygen atoms in total. The minimum absolute atomic E-state index is 0.00996. The predicted octanol–water partition coefficient (Wildman–Crippen LogP) is 7.01. The topological polar surface area (TPSA) is 136 Å². The molecule has 4 rings (SSSR count). The van der Waals surface area contributed by atoms with Crippen molar-refractivity contribution in [2.45, 2.75) is 84.0 Å². The lowest BCUT2D eigenvalue weighted by molar-refractivity contribution is -0.135. The summed E-state index contributed by atoms with van der Waals surface area (Å²) in [5.41, 5.74) is -2.96. The number of methoxy groups -OCH3 is 1. The molecule has 3 amide bonds. The van der Waals surface area contributed by atoms with Crippen LogP contribution in [0.5, 0.6) is 0 Å². The molecular formula is C33H39BrClFN4O7. The minimum atomic E-state index is -1.77. The highest BCUT2D eigenvalue weighted by molar-refractivity contribution is 9.10. The van der Waals surface area contributed by atoms with E-state index in [-0.39, 0.29) is 34.6 Å². The van der Waals surface area contributed by atoms with Gasteiger partial charge in [-0.15, -0.1) is 4.99 Å². The van der Waals surface area contributed by atoms with Gasteiger partial charge < -0.3 is 24.8 Å². The van der Waals surface area contributed by atoms with Gasteiger partial charge in [0.05, 0.1) is 23.7 Å². The summed E-state index contributed by atoms with van der Waals surface area (Å²) in [6, 6.07) is 7.53. The number of hydrogen-bond acceptors (Lipinski definition) is 7. The molecule has 2 aromatic rings. The summed E-state index contributed by atoms with van der Waals surface area (Å²) < 4.78 is 32.3. The fraction of sp³-hybridized carbons (Fsp3) is 0.485. The molecule has 1 saturated heterocycles. The number of carbonyl (C=O) groups excluding carboxylic acids is 4. The van der Waals surface area contributed by atoms with Gasteiger partial charge in [0, 0.05) is 16.1 Å². The molecule has 2 atom stereocenters. The van der Waals surface area contributed by atoms with E-state index in [4.69, 9.17) is 25.8 Å². The van der Waals surface area contributed by atoms with Crippen molar-refractivity contribution >= 4 is 57.6 Å². The molecular weight excluding hydrogens is 699 g/mol. The first kappa shape index (κ1) is 36.1. The Bertz CT molecular complexity index is 1600. The molecule has 1 aliphatic heterocycles. The number of aliphatic imine (C=N–C) groups is 1. The first-order valence-electron chi connectivity index (χ1n) is 15.0. The van der Waals surface area contributed by atoms with Crippen LogP contribution in [0, 0.1) is 11.2 Å². The number of hydrogen-bond donors (Lipinski definition) is 2. The summed E-state index contributed by atoms with van der Waals surface area (Å²) in [5.74, 6) is -2.36. The number of alkyl carbamates (subject to hydrolysis) is 1. The van der Waals surface area contributed by atoms with Crippen LogP contribution >= 0.6 is 27.5 Å². The van der Waals surface area contributed by atoms with Gasteiger partial charge in [-0.05, 0) is 75.3 Å². The second-order valence-corrected chi connectivity index (χ2v) is 15.1. The zero-order valence-corrected chi connectivity index (χ0v) is 29.7. The Morgan fingerprint density at radius 2 is 1.83 bits per heavy atom. The number of carbonyl (C=O) groups is 4. The summed E-state index contributed by atoms with van der Waals surface area (Å²) in [6.07, 6.45) is -0.0469. The van der Waals surface area contributed by atoms with E-state index in [0.29, 0.717) is 10.0 Å². The van der Waals surface area contributed by atoms with E-state index in [1.165, 1.54) is 31.4 Å². The van der Waals surface area contributed by atoms with Crippen molar-refractivity contribution in [3.05, 3.63) is 68.4 Å². The van der Waals surface area contributed by atoms with Crippen molar-refractivity contribution < 1.29 is 37.8 Å². The number of rotatable bonds is 8. The maximum atomic E-state index is 15.8. The largest absolute Gasteiger partial charge is 0.465 e. The molecule has 0 radical (unpaired) electrons. The minimum Gasteiger partial charge on any atom is -0.465 e. The monoisotopic (exact) mass is 736 g/mol. The third-order valence-electron chi connectivity index (χ3n) is 7.28. The molecule has 0 spiro atoms. The molecule has 2 aromatic carbocycles. The third-order valence-corrected chi connectivity index (χ3v) is 8.10. The number of benzene rings is 2. The van der Waals surface area contributed by atoms with Crippen LogP contribution in [0.25, 0.3) is 0 Å². The molecule has 254 valence electrons. The van der Waals surface area contributed by atoms with E-state index in [2.05, 4.69) is 31.6 Å². The van der Waals surface area contributed by atoms with Crippen LogP contribution in [0.1, 0.15) is 88.3 Å². The molecule has 47 heavy (non-hydrogen) atoms. The maximum Gasteiger partial charge on any atom is 0.437 e. The number of esters is 1. The second kappa shape index (κ2) is 13.8. The van der Waals surface area contributed by atoms with Crippen LogP contribution in [0.15, 0.2) is 45.9 Å². The molecule has 0 aromatic heterocycles. The molecule has 1 aliphatic carbocycles. The molecule has 1 saturated carbocycles. The van der Waals surface area contributed by atoms with Gasteiger partial charge in [0.15, 0.2) is 0 Å². The van der Waals surface area contributed by atoms with E-state index in [1.807, 2.05) is 20.8 Å². The Kier molecular flexibility index (Phi) is 10.6. The van der Waals surface area contributed by atoms with Crippen LogP contribution in [0.2, 0.25) is 5.02 Å². The van der Waals surface area contributed by atoms with Crippen molar-refractivity contribution in [2.75, 3.05) is 13.7 Å². The lowest BCUT2D eigenvalue weighted by Gasteiger charge is -2.35. The van der Waals surface area contributed by atoms with Crippen LogP contribution in [-0.4, -0.2) is 60.3 Å². The lowest BCUT2D eigenvalue weighted by atomic mass is 9.75. The Hall–Kier alpha value is -3.71. The fourth-order valence-electron chi connectivity index (χ4n) is 5.30. The van der Waals surface area contributed by atoms with Crippen molar-refractivity contribution in [3.63, 3.8) is 0 Å².